The predicted octanol–water partition coefficient (Wildman–Crippen LogP) is 2.99. The second-order valence-corrected chi connectivity index (χ2v) is 8.10. The molecule has 27 heavy (non-hydrogen) atoms. The van der Waals surface area contributed by atoms with E-state index in [0.29, 0.717) is 11.6 Å². The highest BCUT2D eigenvalue weighted by Gasteiger charge is 2.34. The number of urea groups is 1. The number of rotatable bonds is 4. The summed E-state index contributed by atoms with van der Waals surface area (Å²) in [5, 5.41) is 10.00. The highest BCUT2D eigenvalue weighted by atomic mass is 35.5. The van der Waals surface area contributed by atoms with Crippen molar-refractivity contribution in [2.75, 3.05) is 18.0 Å². The van der Waals surface area contributed by atoms with Crippen LogP contribution in [0.4, 0.5) is 16.2 Å². The van der Waals surface area contributed by atoms with Crippen LogP contribution >= 0.6 is 23.4 Å². The molecule has 1 saturated heterocycles. The zero-order valence-electron chi connectivity index (χ0n) is 14.7. The van der Waals surface area contributed by atoms with Crippen LogP contribution in [0.3, 0.4) is 0 Å². The highest BCUT2D eigenvalue weighted by molar-refractivity contribution is 8.00. The van der Waals surface area contributed by atoms with Crippen LogP contribution in [0.25, 0.3) is 0 Å². The van der Waals surface area contributed by atoms with Gasteiger partial charge in [0.2, 0.25) is 0 Å². The molecule has 2 aromatic carbocycles. The molecule has 0 radical (unpaired) electrons. The lowest BCUT2D eigenvalue weighted by molar-refractivity contribution is 0.237. The molecule has 8 heteroatoms. The number of hydrogen-bond acceptors (Lipinski definition) is 5. The van der Waals surface area contributed by atoms with Crippen molar-refractivity contribution in [3.8, 4) is 0 Å². The first kappa shape index (κ1) is 18.4. The molecule has 5 N–H and O–H groups in total. The average Bonchev–Trinajstić information content (AvgIpc) is 3.29. The number of carbonyl (C=O) groups excluding carboxylic acids is 1. The van der Waals surface area contributed by atoms with Crippen molar-refractivity contribution < 1.29 is 4.79 Å². The molecular formula is C19H22ClN5OS. The molecule has 0 aliphatic carbocycles. The highest BCUT2D eigenvalue weighted by Crippen LogP contribution is 2.49. The van der Waals surface area contributed by atoms with Gasteiger partial charge in [0.1, 0.15) is 0 Å². The van der Waals surface area contributed by atoms with E-state index in [-0.39, 0.29) is 17.6 Å². The van der Waals surface area contributed by atoms with E-state index in [2.05, 4.69) is 20.9 Å². The lowest BCUT2D eigenvalue weighted by Crippen LogP contribution is -2.49. The quantitative estimate of drug-likeness (QED) is 0.631. The maximum Gasteiger partial charge on any atom is 0.317 e. The maximum atomic E-state index is 12.6. The van der Waals surface area contributed by atoms with Crippen molar-refractivity contribution in [2.45, 2.75) is 29.4 Å². The largest absolute Gasteiger partial charge is 0.334 e. The Morgan fingerprint density at radius 3 is 2.89 bits per heavy atom. The SMILES string of the molecule is NCc1cccc(Cl)c1N1c2ccccc2SC1NC(=O)NC1CCNC1. The maximum absolute atomic E-state index is 12.6. The monoisotopic (exact) mass is 403 g/mol. The van der Waals surface area contributed by atoms with Crippen LogP contribution in [0.5, 0.6) is 0 Å². The minimum absolute atomic E-state index is 0.159. The molecule has 0 saturated carbocycles. The third-order valence-electron chi connectivity index (χ3n) is 4.78. The van der Waals surface area contributed by atoms with Gasteiger partial charge in [0, 0.05) is 24.0 Å². The van der Waals surface area contributed by atoms with Gasteiger partial charge < -0.3 is 26.6 Å². The van der Waals surface area contributed by atoms with E-state index in [9.17, 15) is 4.79 Å². The van der Waals surface area contributed by atoms with Gasteiger partial charge in [-0.25, -0.2) is 4.79 Å². The minimum Gasteiger partial charge on any atom is -0.334 e. The number of carbonyl (C=O) groups is 1. The number of nitrogens with zero attached hydrogens (tertiary/aromatic N) is 1. The summed E-state index contributed by atoms with van der Waals surface area (Å²) in [6.07, 6.45) is 0.941. The smallest absolute Gasteiger partial charge is 0.317 e. The number of thioether (sulfide) groups is 1. The van der Waals surface area contributed by atoms with Crippen molar-refractivity contribution in [1.29, 1.82) is 0 Å². The fourth-order valence-corrected chi connectivity index (χ4v) is 4.96. The predicted molar refractivity (Wildman–Crippen MR) is 111 cm³/mol. The Morgan fingerprint density at radius 1 is 1.26 bits per heavy atom. The first-order valence-corrected chi connectivity index (χ1v) is 10.2. The van der Waals surface area contributed by atoms with Gasteiger partial charge in [0.15, 0.2) is 5.50 Å². The van der Waals surface area contributed by atoms with Crippen LogP contribution in [0, 0.1) is 0 Å². The van der Waals surface area contributed by atoms with Gasteiger partial charge >= 0.3 is 6.03 Å². The van der Waals surface area contributed by atoms with Crippen molar-refractivity contribution in [3.05, 3.63) is 53.1 Å². The van der Waals surface area contributed by atoms with Crippen LogP contribution in [0.15, 0.2) is 47.4 Å². The Bertz CT molecular complexity index is 843. The number of anilines is 2. The Morgan fingerprint density at radius 2 is 2.11 bits per heavy atom. The zero-order valence-corrected chi connectivity index (χ0v) is 16.3. The molecule has 142 valence electrons. The Balaban J connectivity index is 1.64. The van der Waals surface area contributed by atoms with Crippen LogP contribution in [0.1, 0.15) is 12.0 Å². The number of amides is 2. The number of para-hydroxylation sites is 2. The molecule has 2 aromatic rings. The minimum atomic E-state index is -0.304. The molecule has 2 atom stereocenters. The summed E-state index contributed by atoms with van der Waals surface area (Å²) in [5.74, 6) is 0. The van der Waals surface area contributed by atoms with Crippen LogP contribution in [0.2, 0.25) is 5.02 Å². The van der Waals surface area contributed by atoms with E-state index in [4.69, 9.17) is 17.3 Å². The van der Waals surface area contributed by atoms with Crippen molar-refractivity contribution in [1.82, 2.24) is 16.0 Å². The van der Waals surface area contributed by atoms with E-state index in [1.807, 2.05) is 42.5 Å². The fourth-order valence-electron chi connectivity index (χ4n) is 3.50. The molecule has 2 amide bonds. The molecule has 6 nitrogen and oxygen atoms in total. The molecule has 2 heterocycles. The molecule has 2 aliphatic rings. The zero-order chi connectivity index (χ0) is 18.8. The first-order valence-electron chi connectivity index (χ1n) is 8.97. The molecule has 0 spiro atoms. The van der Waals surface area contributed by atoms with Gasteiger partial charge in [-0.2, -0.15) is 0 Å². The van der Waals surface area contributed by atoms with E-state index < -0.39 is 0 Å². The van der Waals surface area contributed by atoms with Gasteiger partial charge in [0.05, 0.1) is 16.4 Å². The Labute approximate surface area is 167 Å². The fraction of sp³-hybridized carbons (Fsp3) is 0.316. The Hall–Kier alpha value is -1.93. The van der Waals surface area contributed by atoms with Gasteiger partial charge in [-0.3, -0.25) is 0 Å². The van der Waals surface area contributed by atoms with E-state index in [0.717, 1.165) is 41.3 Å². The van der Waals surface area contributed by atoms with E-state index in [1.165, 1.54) is 0 Å². The summed E-state index contributed by atoms with van der Waals surface area (Å²) >= 11 is 8.14. The Kier molecular flexibility index (Phi) is 5.45. The molecule has 2 aliphatic heterocycles. The third-order valence-corrected chi connectivity index (χ3v) is 6.24. The van der Waals surface area contributed by atoms with E-state index >= 15 is 0 Å². The summed E-state index contributed by atoms with van der Waals surface area (Å²) in [4.78, 5) is 15.7. The third kappa shape index (κ3) is 3.73. The van der Waals surface area contributed by atoms with Crippen molar-refractivity contribution >= 4 is 40.8 Å². The van der Waals surface area contributed by atoms with Crippen molar-refractivity contribution in [3.63, 3.8) is 0 Å². The van der Waals surface area contributed by atoms with Gasteiger partial charge in [0.25, 0.3) is 0 Å². The molecule has 0 aromatic heterocycles. The summed E-state index contributed by atoms with van der Waals surface area (Å²) in [5.41, 5.74) is 8.45. The first-order chi connectivity index (χ1) is 13.2. The number of halogens is 1. The topological polar surface area (TPSA) is 82.4 Å². The normalized spacial score (nSPS) is 21.2. The number of hydrogen-bond donors (Lipinski definition) is 4. The van der Waals surface area contributed by atoms with Crippen LogP contribution in [-0.4, -0.2) is 30.7 Å². The summed E-state index contributed by atoms with van der Waals surface area (Å²) in [7, 11) is 0. The molecule has 0 bridgehead atoms. The number of nitrogens with one attached hydrogen (secondary N) is 3. The van der Waals surface area contributed by atoms with Crippen molar-refractivity contribution in [2.24, 2.45) is 5.73 Å². The molecule has 2 unspecified atom stereocenters. The lowest BCUT2D eigenvalue weighted by Gasteiger charge is -2.30. The van der Waals surface area contributed by atoms with Gasteiger partial charge in [-0.15, -0.1) is 0 Å². The number of nitrogens with two attached hydrogens (primary N) is 1. The van der Waals surface area contributed by atoms with E-state index in [1.54, 1.807) is 11.8 Å². The lowest BCUT2D eigenvalue weighted by atomic mass is 10.1. The van der Waals surface area contributed by atoms with Crippen LogP contribution < -0.4 is 26.6 Å². The second-order valence-electron chi connectivity index (χ2n) is 6.57. The average molecular weight is 404 g/mol. The molecular weight excluding hydrogens is 382 g/mol. The van der Waals surface area contributed by atoms with Gasteiger partial charge in [-0.1, -0.05) is 47.6 Å². The number of benzene rings is 2. The summed E-state index contributed by atoms with van der Waals surface area (Å²) < 4.78 is 0. The summed E-state index contributed by atoms with van der Waals surface area (Å²) in [6.45, 7) is 2.10. The second kappa shape index (κ2) is 7.98. The van der Waals surface area contributed by atoms with Gasteiger partial charge in [-0.05, 0) is 36.7 Å². The summed E-state index contributed by atoms with van der Waals surface area (Å²) in [6, 6.07) is 13.7. The van der Waals surface area contributed by atoms with Crippen LogP contribution in [-0.2, 0) is 6.54 Å². The standard InChI is InChI=1S/C19H22ClN5OS/c20-14-5-3-4-12(10-21)17(14)25-15-6-1-2-7-16(15)27-19(25)24-18(26)23-13-8-9-22-11-13/h1-7,13,19,22H,8-11,21H2,(H2,23,24,26). The number of fused-ring (bicyclic) bond motifs is 1. The molecule has 1 fully saturated rings. The molecule has 4 rings (SSSR count).